The van der Waals surface area contributed by atoms with Gasteiger partial charge in [-0.15, -0.1) is 0 Å². The molecule has 0 aliphatic carbocycles. The predicted octanol–water partition coefficient (Wildman–Crippen LogP) is 6.36. The first kappa shape index (κ1) is 18.6. The molecule has 0 unspecified atom stereocenters. The van der Waals surface area contributed by atoms with E-state index in [4.69, 9.17) is 4.74 Å². The van der Waals surface area contributed by atoms with Crippen molar-refractivity contribution in [1.29, 1.82) is 0 Å². The van der Waals surface area contributed by atoms with E-state index in [9.17, 15) is 0 Å². The number of aryl methyl sites for hydroxylation is 3. The molecule has 1 nitrogen and oxygen atoms in total. The van der Waals surface area contributed by atoms with Gasteiger partial charge in [-0.3, -0.25) is 0 Å². The summed E-state index contributed by atoms with van der Waals surface area (Å²) in [5.74, 6) is 1.06. The maximum absolute atomic E-state index is 6.00. The smallest absolute Gasteiger partial charge is 0.122 e. The first-order chi connectivity index (χ1) is 11.6. The number of hydrogen-bond acceptors (Lipinski definition) is 1. The second kappa shape index (κ2) is 9.52. The van der Waals surface area contributed by atoms with Gasteiger partial charge in [0.05, 0.1) is 6.61 Å². The predicted molar refractivity (Wildman–Crippen MR) is 104 cm³/mol. The monoisotopic (exact) mass is 324 g/mol. The van der Waals surface area contributed by atoms with Crippen molar-refractivity contribution < 1.29 is 4.74 Å². The molecule has 0 aliphatic heterocycles. The van der Waals surface area contributed by atoms with Gasteiger partial charge in [-0.2, -0.15) is 0 Å². The second-order valence-corrected chi connectivity index (χ2v) is 6.87. The summed E-state index contributed by atoms with van der Waals surface area (Å²) in [4.78, 5) is 0. The molecule has 0 heterocycles. The van der Waals surface area contributed by atoms with Crippen molar-refractivity contribution in [3.05, 3.63) is 64.2 Å². The van der Waals surface area contributed by atoms with Crippen molar-refractivity contribution in [1.82, 2.24) is 0 Å². The largest absolute Gasteiger partial charge is 0.493 e. The summed E-state index contributed by atoms with van der Waals surface area (Å²) in [6.45, 7) is 9.63. The molecular formula is C23H32O. The van der Waals surface area contributed by atoms with Crippen LogP contribution in [-0.4, -0.2) is 6.61 Å². The molecular weight excluding hydrogens is 292 g/mol. The Morgan fingerprint density at radius 3 is 2.21 bits per heavy atom. The highest BCUT2D eigenvalue weighted by molar-refractivity contribution is 5.44. The second-order valence-electron chi connectivity index (χ2n) is 6.87. The third kappa shape index (κ3) is 5.40. The molecule has 0 aliphatic rings. The molecule has 0 fully saturated rings. The Labute approximate surface area is 148 Å². The van der Waals surface area contributed by atoms with E-state index < -0.39 is 0 Å². The van der Waals surface area contributed by atoms with Crippen molar-refractivity contribution in [2.24, 2.45) is 0 Å². The summed E-state index contributed by atoms with van der Waals surface area (Å²) in [5.41, 5.74) is 6.85. The van der Waals surface area contributed by atoms with Crippen molar-refractivity contribution >= 4 is 0 Å². The molecule has 24 heavy (non-hydrogen) atoms. The van der Waals surface area contributed by atoms with Crippen LogP contribution in [0, 0.1) is 20.8 Å². The number of hydrogen-bond donors (Lipinski definition) is 0. The topological polar surface area (TPSA) is 9.23 Å². The zero-order valence-corrected chi connectivity index (χ0v) is 15.8. The van der Waals surface area contributed by atoms with E-state index >= 15 is 0 Å². The van der Waals surface area contributed by atoms with Gasteiger partial charge in [0.15, 0.2) is 0 Å². The maximum Gasteiger partial charge on any atom is 0.122 e. The standard InChI is InChI=1S/C23H32O/c1-5-6-7-8-17-24-23-16-15-22(19(3)20(23)4)14-13-21-11-9-18(2)10-12-21/h9-12,15-16H,5-8,13-14,17H2,1-4H3. The highest BCUT2D eigenvalue weighted by atomic mass is 16.5. The fourth-order valence-corrected chi connectivity index (χ4v) is 3.02. The number of ether oxygens (including phenoxy) is 1. The van der Waals surface area contributed by atoms with Crippen LogP contribution in [0.2, 0.25) is 0 Å². The highest BCUT2D eigenvalue weighted by Crippen LogP contribution is 2.25. The summed E-state index contributed by atoms with van der Waals surface area (Å²) >= 11 is 0. The Bertz CT molecular complexity index is 625. The molecule has 2 rings (SSSR count). The molecule has 0 atom stereocenters. The van der Waals surface area contributed by atoms with Crippen LogP contribution in [-0.2, 0) is 12.8 Å². The van der Waals surface area contributed by atoms with E-state index in [1.54, 1.807) is 0 Å². The SMILES string of the molecule is CCCCCCOc1ccc(CCc2ccc(C)cc2)c(C)c1C. The summed E-state index contributed by atoms with van der Waals surface area (Å²) in [6, 6.07) is 13.3. The van der Waals surface area contributed by atoms with E-state index in [-0.39, 0.29) is 0 Å². The van der Waals surface area contributed by atoms with Crippen molar-refractivity contribution in [3.8, 4) is 5.75 Å². The molecule has 0 spiro atoms. The highest BCUT2D eigenvalue weighted by Gasteiger charge is 2.08. The van der Waals surface area contributed by atoms with Gasteiger partial charge in [-0.05, 0) is 68.4 Å². The van der Waals surface area contributed by atoms with Gasteiger partial charge in [-0.1, -0.05) is 62.1 Å². The summed E-state index contributed by atoms with van der Waals surface area (Å²) < 4.78 is 6.00. The molecule has 1 heteroatoms. The molecule has 2 aromatic rings. The van der Waals surface area contributed by atoms with E-state index in [2.05, 4.69) is 64.1 Å². The van der Waals surface area contributed by atoms with E-state index in [1.165, 1.54) is 47.1 Å². The van der Waals surface area contributed by atoms with Crippen molar-refractivity contribution in [2.75, 3.05) is 6.61 Å². The van der Waals surface area contributed by atoms with Crippen LogP contribution in [0.3, 0.4) is 0 Å². The van der Waals surface area contributed by atoms with Gasteiger partial charge in [0.2, 0.25) is 0 Å². The van der Waals surface area contributed by atoms with Crippen LogP contribution in [0.4, 0.5) is 0 Å². The van der Waals surface area contributed by atoms with Crippen LogP contribution < -0.4 is 4.74 Å². The Balaban J connectivity index is 1.92. The van der Waals surface area contributed by atoms with E-state index in [0.717, 1.165) is 31.6 Å². The average Bonchev–Trinajstić information content (AvgIpc) is 2.59. The van der Waals surface area contributed by atoms with Crippen LogP contribution in [0.25, 0.3) is 0 Å². The molecule has 2 aromatic carbocycles. The van der Waals surface area contributed by atoms with Crippen LogP contribution in [0.1, 0.15) is 60.4 Å². The minimum atomic E-state index is 0.836. The lowest BCUT2D eigenvalue weighted by Crippen LogP contribution is -2.02. The molecule has 0 bridgehead atoms. The number of rotatable bonds is 9. The summed E-state index contributed by atoms with van der Waals surface area (Å²) in [6.07, 6.45) is 7.18. The van der Waals surface area contributed by atoms with Crippen LogP contribution in [0.15, 0.2) is 36.4 Å². The summed E-state index contributed by atoms with van der Waals surface area (Å²) in [7, 11) is 0. The fourth-order valence-electron chi connectivity index (χ4n) is 3.02. The van der Waals surface area contributed by atoms with Crippen molar-refractivity contribution in [3.63, 3.8) is 0 Å². The first-order valence-corrected chi connectivity index (χ1v) is 9.39. The third-order valence-electron chi connectivity index (χ3n) is 4.91. The zero-order valence-electron chi connectivity index (χ0n) is 15.8. The Hall–Kier alpha value is -1.76. The minimum absolute atomic E-state index is 0.836. The summed E-state index contributed by atoms with van der Waals surface area (Å²) in [5, 5.41) is 0. The molecule has 0 saturated carbocycles. The Kier molecular flexibility index (Phi) is 7.36. The number of unbranched alkanes of at least 4 members (excludes halogenated alkanes) is 3. The molecule has 0 N–H and O–H groups in total. The van der Waals surface area contributed by atoms with Gasteiger partial charge in [-0.25, -0.2) is 0 Å². The quantitative estimate of drug-likeness (QED) is 0.488. The molecule has 0 radical (unpaired) electrons. The Morgan fingerprint density at radius 2 is 1.50 bits per heavy atom. The van der Waals surface area contributed by atoms with Gasteiger partial charge in [0, 0.05) is 0 Å². The van der Waals surface area contributed by atoms with Crippen LogP contribution in [0.5, 0.6) is 5.75 Å². The third-order valence-corrected chi connectivity index (χ3v) is 4.91. The number of benzene rings is 2. The maximum atomic E-state index is 6.00. The fraction of sp³-hybridized carbons (Fsp3) is 0.478. The van der Waals surface area contributed by atoms with Gasteiger partial charge < -0.3 is 4.74 Å². The molecule has 0 saturated heterocycles. The van der Waals surface area contributed by atoms with Gasteiger partial charge in [0.1, 0.15) is 5.75 Å². The normalized spacial score (nSPS) is 10.8. The van der Waals surface area contributed by atoms with E-state index in [1.807, 2.05) is 0 Å². The average molecular weight is 325 g/mol. The lowest BCUT2D eigenvalue weighted by atomic mass is 9.96. The zero-order chi connectivity index (χ0) is 17.4. The minimum Gasteiger partial charge on any atom is -0.493 e. The Morgan fingerprint density at radius 1 is 0.750 bits per heavy atom. The molecule has 0 amide bonds. The van der Waals surface area contributed by atoms with Gasteiger partial charge in [0.25, 0.3) is 0 Å². The molecule has 0 aromatic heterocycles. The lowest BCUT2D eigenvalue weighted by molar-refractivity contribution is 0.303. The van der Waals surface area contributed by atoms with Crippen LogP contribution >= 0.6 is 0 Å². The first-order valence-electron chi connectivity index (χ1n) is 9.39. The molecule has 130 valence electrons. The lowest BCUT2D eigenvalue weighted by Gasteiger charge is -2.15. The van der Waals surface area contributed by atoms with E-state index in [0.29, 0.717) is 0 Å². The van der Waals surface area contributed by atoms with Crippen molar-refractivity contribution in [2.45, 2.75) is 66.2 Å². The van der Waals surface area contributed by atoms with Gasteiger partial charge >= 0.3 is 0 Å².